The molecule has 4 amide bonds. The van der Waals surface area contributed by atoms with Gasteiger partial charge < -0.3 is 35.1 Å². The molecule has 5 rings (SSSR count). The number of carbonyl (C=O) groups excluding carboxylic acids is 4. The minimum Gasteiger partial charge on any atom is -0.508 e. The predicted octanol–water partition coefficient (Wildman–Crippen LogP) is 3.46. The van der Waals surface area contributed by atoms with Crippen LogP contribution in [0.4, 0.5) is 18.0 Å². The van der Waals surface area contributed by atoms with E-state index in [0.29, 0.717) is 5.56 Å². The van der Waals surface area contributed by atoms with Crippen LogP contribution < -0.4 is 10.6 Å². The van der Waals surface area contributed by atoms with Crippen LogP contribution in [0.2, 0.25) is 0 Å². The maximum Gasteiger partial charge on any atom is 0.407 e. The highest BCUT2D eigenvalue weighted by Gasteiger charge is 2.44. The van der Waals surface area contributed by atoms with Gasteiger partial charge in [0.15, 0.2) is 0 Å². The number of alkyl halides is 1. The number of aromatic hydroxyl groups is 1. The molecule has 0 radical (unpaired) electrons. The van der Waals surface area contributed by atoms with Gasteiger partial charge in [0.2, 0.25) is 0 Å². The van der Waals surface area contributed by atoms with Crippen LogP contribution in [-0.2, 0) is 25.7 Å². The van der Waals surface area contributed by atoms with Crippen LogP contribution in [0.3, 0.4) is 0 Å². The molecule has 1 aromatic heterocycles. The van der Waals surface area contributed by atoms with Gasteiger partial charge >= 0.3 is 6.09 Å². The number of ether oxygens (including phenoxy) is 1. The van der Waals surface area contributed by atoms with Gasteiger partial charge in [-0.3, -0.25) is 19.3 Å². The molecule has 3 heterocycles. The third kappa shape index (κ3) is 9.42. The van der Waals surface area contributed by atoms with Crippen molar-refractivity contribution in [2.45, 2.75) is 52.1 Å². The van der Waals surface area contributed by atoms with Crippen LogP contribution in [0.25, 0.3) is 11.3 Å². The molecule has 1 fully saturated rings. The van der Waals surface area contributed by atoms with E-state index in [0.717, 1.165) is 35.3 Å². The Bertz CT molecular complexity index is 1850. The zero-order valence-electron chi connectivity index (χ0n) is 29.6. The first-order chi connectivity index (χ1) is 25.1. The molecule has 4 N–H and O–H groups in total. The first-order valence-corrected chi connectivity index (χ1v) is 17.2. The summed E-state index contributed by atoms with van der Waals surface area (Å²) in [5.74, 6) is -3.66. The summed E-state index contributed by atoms with van der Waals surface area (Å²) >= 11 is 0. The molecule has 284 valence electrons. The lowest BCUT2D eigenvalue weighted by Gasteiger charge is -2.43. The molecular formula is C37H43F3N6O7. The lowest BCUT2D eigenvalue weighted by molar-refractivity contribution is -0.146. The van der Waals surface area contributed by atoms with Gasteiger partial charge in [-0.1, -0.05) is 26.0 Å². The normalized spacial score (nSPS) is 18.4. The second-order valence-electron chi connectivity index (χ2n) is 13.9. The van der Waals surface area contributed by atoms with Crippen LogP contribution in [0.5, 0.6) is 5.75 Å². The minimum atomic E-state index is -1.51. The fraction of sp³-hybridized carbons (Fsp3) is 0.432. The number of carbonyl (C=O) groups is 4. The summed E-state index contributed by atoms with van der Waals surface area (Å²) in [4.78, 5) is 57.3. The average molecular weight is 741 g/mol. The number of phenols is 1. The average Bonchev–Trinajstić information content (AvgIpc) is 3.79. The number of rotatable bonds is 15. The number of phenolic OH excluding ortho intramolecular Hbond substituents is 1. The molecule has 0 saturated carbocycles. The van der Waals surface area contributed by atoms with E-state index in [9.17, 15) is 33.8 Å². The first kappa shape index (κ1) is 39.0. The Morgan fingerprint density at radius 1 is 1.13 bits per heavy atom. The number of halogens is 3. The highest BCUT2D eigenvalue weighted by molar-refractivity contribution is 6.12. The van der Waals surface area contributed by atoms with Crippen LogP contribution in [0, 0.1) is 23.0 Å². The molecule has 2 aliphatic rings. The maximum absolute atomic E-state index is 15.2. The zero-order valence-corrected chi connectivity index (χ0v) is 29.6. The van der Waals surface area contributed by atoms with Crippen molar-refractivity contribution in [2.75, 3.05) is 39.3 Å². The fourth-order valence-corrected chi connectivity index (χ4v) is 6.57. The second-order valence-corrected chi connectivity index (χ2v) is 13.9. The molecule has 0 spiro atoms. The van der Waals surface area contributed by atoms with E-state index < -0.39 is 65.1 Å². The number of aliphatic hydroxyl groups is 1. The zero-order chi connectivity index (χ0) is 38.4. The van der Waals surface area contributed by atoms with Crippen LogP contribution in [-0.4, -0.2) is 105 Å². The van der Waals surface area contributed by atoms with Crippen molar-refractivity contribution in [1.82, 2.24) is 30.0 Å². The third-order valence-corrected chi connectivity index (χ3v) is 9.39. The number of imidazole rings is 1. The van der Waals surface area contributed by atoms with Gasteiger partial charge in [-0.15, -0.1) is 0 Å². The summed E-state index contributed by atoms with van der Waals surface area (Å²) in [7, 11) is 0. The Kier molecular flexibility index (Phi) is 12.2. The summed E-state index contributed by atoms with van der Waals surface area (Å²) < 4.78 is 51.8. The number of imide groups is 1. The van der Waals surface area contributed by atoms with E-state index in [-0.39, 0.29) is 75.1 Å². The summed E-state index contributed by atoms with van der Waals surface area (Å²) in [6.07, 6.45) is 0.209. The number of nitrogens with zero attached hydrogens (tertiary/aromatic N) is 4. The van der Waals surface area contributed by atoms with Crippen LogP contribution in [0.15, 0.2) is 60.8 Å². The SMILES string of the molecule is C[C@H](O)C(=O)N(C[C@@H]1CNC[C@@H]1F)[C@@H](c1nc(-c2cc(F)ccc2F)cn1Cc1cccc(O)c1)C(C)(C)CCOC(=O)NCCN1C(=O)C=CC1=O. The molecule has 53 heavy (non-hydrogen) atoms. The van der Waals surface area contributed by atoms with E-state index in [1.54, 1.807) is 30.5 Å². The first-order valence-electron chi connectivity index (χ1n) is 17.2. The monoisotopic (exact) mass is 740 g/mol. The molecule has 4 atom stereocenters. The number of aliphatic hydroxyl groups excluding tert-OH is 1. The summed E-state index contributed by atoms with van der Waals surface area (Å²) in [5, 5.41) is 26.3. The van der Waals surface area contributed by atoms with Gasteiger partial charge in [-0.2, -0.15) is 0 Å². The molecule has 0 aliphatic carbocycles. The number of alkyl carbamates (subject to hydrolysis) is 1. The van der Waals surface area contributed by atoms with Gasteiger partial charge in [-0.25, -0.2) is 22.9 Å². The third-order valence-electron chi connectivity index (χ3n) is 9.39. The van der Waals surface area contributed by atoms with Gasteiger partial charge in [0, 0.05) is 69.1 Å². The molecule has 16 heteroatoms. The van der Waals surface area contributed by atoms with E-state index in [1.807, 2.05) is 0 Å². The summed E-state index contributed by atoms with van der Waals surface area (Å²) in [5.41, 5.74) is -0.559. The highest BCUT2D eigenvalue weighted by atomic mass is 19.1. The van der Waals surface area contributed by atoms with Crippen molar-refractivity contribution in [3.8, 4) is 17.0 Å². The lowest BCUT2D eigenvalue weighted by Crippen LogP contribution is -2.50. The predicted molar refractivity (Wildman–Crippen MR) is 186 cm³/mol. The Balaban J connectivity index is 1.51. The van der Waals surface area contributed by atoms with Crippen LogP contribution in [0.1, 0.15) is 44.6 Å². The highest BCUT2D eigenvalue weighted by Crippen LogP contribution is 2.43. The Labute approximate surface area is 304 Å². The van der Waals surface area contributed by atoms with Gasteiger partial charge in [-0.05, 0) is 54.7 Å². The maximum atomic E-state index is 15.2. The Morgan fingerprint density at radius 3 is 2.53 bits per heavy atom. The van der Waals surface area contributed by atoms with Crippen molar-refractivity contribution in [1.29, 1.82) is 0 Å². The summed E-state index contributed by atoms with van der Waals surface area (Å²) in [6, 6.07) is 8.25. The number of aromatic nitrogens is 2. The molecule has 13 nitrogen and oxygen atoms in total. The van der Waals surface area contributed by atoms with Gasteiger partial charge in [0.1, 0.15) is 35.5 Å². The molecule has 2 aliphatic heterocycles. The Hall–Kier alpha value is -5.22. The van der Waals surface area contributed by atoms with E-state index in [4.69, 9.17) is 9.72 Å². The van der Waals surface area contributed by atoms with Gasteiger partial charge in [0.25, 0.3) is 17.7 Å². The number of benzene rings is 2. The number of nitrogens with one attached hydrogen (secondary N) is 2. The van der Waals surface area contributed by atoms with Crippen molar-refractivity contribution >= 4 is 23.8 Å². The number of hydrogen-bond donors (Lipinski definition) is 4. The van der Waals surface area contributed by atoms with Crippen LogP contribution >= 0.6 is 0 Å². The Morgan fingerprint density at radius 2 is 1.87 bits per heavy atom. The quantitative estimate of drug-likeness (QED) is 0.171. The van der Waals surface area contributed by atoms with Crippen molar-refractivity contribution < 1.29 is 47.3 Å². The van der Waals surface area contributed by atoms with Crippen molar-refractivity contribution in [2.24, 2.45) is 11.3 Å². The molecule has 0 bridgehead atoms. The lowest BCUT2D eigenvalue weighted by atomic mass is 9.79. The molecule has 0 unspecified atom stereocenters. The minimum absolute atomic E-state index is 0.0169. The topological polar surface area (TPSA) is 166 Å². The second kappa shape index (κ2) is 16.6. The van der Waals surface area contributed by atoms with Crippen molar-refractivity contribution in [3.05, 3.63) is 83.8 Å². The summed E-state index contributed by atoms with van der Waals surface area (Å²) in [6.45, 7) is 4.76. The molecular weight excluding hydrogens is 697 g/mol. The standard InChI is InChI=1S/C37H43F3N6O7/c1-22(47)35(51)46(20-24-17-41-18-29(24)40)33(37(2,3)11-14-53-36(52)42-12-13-45-31(49)9-10-32(45)50)34-43-30(27-16-25(38)7-8-28(27)39)21-44(34)19-23-5-4-6-26(48)15-23/h4-10,15-16,21-22,24,29,33,41,47-48H,11-14,17-20H2,1-3H3,(H,42,52)/t22-,24-,29-,33-/m0/s1. The number of hydrogen-bond acceptors (Lipinski definition) is 9. The fourth-order valence-electron chi connectivity index (χ4n) is 6.57. The molecule has 2 aromatic carbocycles. The number of amides is 4. The molecule has 3 aromatic rings. The largest absolute Gasteiger partial charge is 0.508 e. The van der Waals surface area contributed by atoms with Gasteiger partial charge in [0.05, 0.1) is 18.3 Å². The van der Waals surface area contributed by atoms with E-state index in [2.05, 4.69) is 10.6 Å². The van der Waals surface area contributed by atoms with E-state index in [1.165, 1.54) is 30.2 Å². The van der Waals surface area contributed by atoms with Crippen molar-refractivity contribution in [3.63, 3.8) is 0 Å². The van der Waals surface area contributed by atoms with E-state index >= 15 is 8.78 Å². The smallest absolute Gasteiger partial charge is 0.407 e. The molecule has 1 saturated heterocycles.